The first-order chi connectivity index (χ1) is 9.78. The number of nitrogens with zero attached hydrogens (tertiary/aromatic N) is 1. The van der Waals surface area contributed by atoms with Crippen LogP contribution >= 0.6 is 38.6 Å². The van der Waals surface area contributed by atoms with E-state index < -0.39 is 0 Å². The fraction of sp³-hybridized carbons (Fsp3) is 0.357. The lowest BCUT2D eigenvalue weighted by molar-refractivity contribution is 0.806. The molecule has 0 aromatic carbocycles. The van der Waals surface area contributed by atoms with Gasteiger partial charge in [-0.25, -0.2) is 4.99 Å². The highest BCUT2D eigenvalue weighted by molar-refractivity contribution is 9.11. The minimum Gasteiger partial charge on any atom is -0.357 e. The molecule has 0 radical (unpaired) electrons. The minimum atomic E-state index is 0.713. The van der Waals surface area contributed by atoms with Crippen LogP contribution in [0.1, 0.15) is 16.7 Å². The van der Waals surface area contributed by atoms with Crippen molar-refractivity contribution >= 4 is 44.6 Å². The summed E-state index contributed by atoms with van der Waals surface area (Å²) in [6, 6.07) is 8.42. The Labute approximate surface area is 136 Å². The molecule has 2 aromatic heterocycles. The normalized spacial score (nSPS) is 11.6. The lowest BCUT2D eigenvalue weighted by Gasteiger charge is -2.10. The van der Waals surface area contributed by atoms with E-state index in [9.17, 15) is 0 Å². The van der Waals surface area contributed by atoms with E-state index in [0.29, 0.717) is 6.54 Å². The second-order valence-electron chi connectivity index (χ2n) is 4.16. The van der Waals surface area contributed by atoms with Crippen LogP contribution in [0, 0.1) is 0 Å². The van der Waals surface area contributed by atoms with Crippen LogP contribution < -0.4 is 10.6 Å². The summed E-state index contributed by atoms with van der Waals surface area (Å²) in [5.41, 5.74) is 0. The third-order valence-electron chi connectivity index (χ3n) is 2.61. The minimum absolute atomic E-state index is 0.713. The third kappa shape index (κ3) is 5.26. The molecule has 2 N–H and O–H groups in total. The second kappa shape index (κ2) is 8.44. The molecular weight excluding hydrogens is 354 g/mol. The summed E-state index contributed by atoms with van der Waals surface area (Å²) < 4.78 is 1.15. The summed E-state index contributed by atoms with van der Waals surface area (Å²) in [6.45, 7) is 4.57. The predicted octanol–water partition coefficient (Wildman–Crippen LogP) is 3.87. The van der Waals surface area contributed by atoms with Gasteiger partial charge in [0.05, 0.1) is 10.3 Å². The van der Waals surface area contributed by atoms with E-state index in [4.69, 9.17) is 0 Å². The molecule has 0 atom stereocenters. The molecule has 108 valence electrons. The van der Waals surface area contributed by atoms with Gasteiger partial charge in [-0.3, -0.25) is 0 Å². The Balaban J connectivity index is 1.82. The first kappa shape index (κ1) is 15.5. The standard InChI is InChI=1S/C14H18BrN3S2/c1-2-16-14(17-8-7-11-4-3-9-19-11)18-10-12-5-6-13(15)20-12/h3-6,9H,2,7-8,10H2,1H3,(H2,16,17,18). The van der Waals surface area contributed by atoms with Crippen LogP contribution in [0.5, 0.6) is 0 Å². The zero-order chi connectivity index (χ0) is 14.2. The van der Waals surface area contributed by atoms with Crippen molar-refractivity contribution in [1.82, 2.24) is 10.6 Å². The molecule has 2 rings (SSSR count). The Bertz CT molecular complexity index is 534. The summed E-state index contributed by atoms with van der Waals surface area (Å²) >= 11 is 7.00. The smallest absolute Gasteiger partial charge is 0.191 e. The molecule has 6 heteroatoms. The fourth-order valence-corrected chi connectivity index (χ4v) is 3.81. The van der Waals surface area contributed by atoms with E-state index in [1.54, 1.807) is 22.7 Å². The number of guanidine groups is 1. The zero-order valence-corrected chi connectivity index (χ0v) is 14.6. The van der Waals surface area contributed by atoms with E-state index in [2.05, 4.69) is 68.1 Å². The van der Waals surface area contributed by atoms with Gasteiger partial charge in [0.25, 0.3) is 0 Å². The van der Waals surface area contributed by atoms with Crippen molar-refractivity contribution in [2.75, 3.05) is 13.1 Å². The van der Waals surface area contributed by atoms with Crippen molar-refractivity contribution in [3.63, 3.8) is 0 Å². The largest absolute Gasteiger partial charge is 0.357 e. The van der Waals surface area contributed by atoms with Gasteiger partial charge in [0.2, 0.25) is 0 Å². The lowest BCUT2D eigenvalue weighted by atomic mass is 10.3. The van der Waals surface area contributed by atoms with Crippen molar-refractivity contribution in [3.05, 3.63) is 43.2 Å². The van der Waals surface area contributed by atoms with Gasteiger partial charge in [-0.1, -0.05) is 6.07 Å². The van der Waals surface area contributed by atoms with Crippen molar-refractivity contribution in [2.24, 2.45) is 4.99 Å². The van der Waals surface area contributed by atoms with Gasteiger partial charge in [-0.2, -0.15) is 0 Å². The molecule has 20 heavy (non-hydrogen) atoms. The highest BCUT2D eigenvalue weighted by Gasteiger charge is 2.00. The van der Waals surface area contributed by atoms with Gasteiger partial charge < -0.3 is 10.6 Å². The highest BCUT2D eigenvalue weighted by atomic mass is 79.9. The van der Waals surface area contributed by atoms with Crippen LogP contribution in [0.2, 0.25) is 0 Å². The number of aliphatic imine (C=N–C) groups is 1. The van der Waals surface area contributed by atoms with Gasteiger partial charge in [-0.15, -0.1) is 22.7 Å². The first-order valence-corrected chi connectivity index (χ1v) is 9.05. The van der Waals surface area contributed by atoms with Gasteiger partial charge >= 0.3 is 0 Å². The van der Waals surface area contributed by atoms with Crippen LogP contribution in [0.3, 0.4) is 0 Å². The van der Waals surface area contributed by atoms with Gasteiger partial charge in [0.1, 0.15) is 0 Å². The molecule has 0 aliphatic rings. The Morgan fingerprint density at radius 1 is 1.25 bits per heavy atom. The number of hydrogen-bond donors (Lipinski definition) is 2. The number of nitrogens with one attached hydrogen (secondary N) is 2. The molecule has 0 saturated carbocycles. The van der Waals surface area contributed by atoms with Crippen molar-refractivity contribution in [2.45, 2.75) is 19.9 Å². The number of hydrogen-bond acceptors (Lipinski definition) is 3. The summed E-state index contributed by atoms with van der Waals surface area (Å²) in [5.74, 6) is 0.883. The van der Waals surface area contributed by atoms with Crippen molar-refractivity contribution < 1.29 is 0 Å². The van der Waals surface area contributed by atoms with Crippen molar-refractivity contribution in [1.29, 1.82) is 0 Å². The van der Waals surface area contributed by atoms with E-state index >= 15 is 0 Å². The Morgan fingerprint density at radius 2 is 2.15 bits per heavy atom. The molecule has 2 heterocycles. The topological polar surface area (TPSA) is 36.4 Å². The van der Waals surface area contributed by atoms with Crippen LogP contribution in [0.15, 0.2) is 38.4 Å². The Kier molecular flexibility index (Phi) is 6.56. The summed E-state index contributed by atoms with van der Waals surface area (Å²) in [4.78, 5) is 7.26. The number of halogens is 1. The van der Waals surface area contributed by atoms with Crippen LogP contribution in [0.4, 0.5) is 0 Å². The molecule has 0 aliphatic carbocycles. The summed E-state index contributed by atoms with van der Waals surface area (Å²) in [7, 11) is 0. The number of thiophene rings is 2. The van der Waals surface area contributed by atoms with Gasteiger partial charge in [-0.05, 0) is 52.9 Å². The molecule has 0 unspecified atom stereocenters. The fourth-order valence-electron chi connectivity index (χ4n) is 1.69. The molecule has 0 saturated heterocycles. The quantitative estimate of drug-likeness (QED) is 0.597. The zero-order valence-electron chi connectivity index (χ0n) is 11.4. The average Bonchev–Trinajstić information content (AvgIpc) is 3.07. The molecular formula is C14H18BrN3S2. The van der Waals surface area contributed by atoms with Crippen LogP contribution in [-0.2, 0) is 13.0 Å². The summed E-state index contributed by atoms with van der Waals surface area (Å²) in [5, 5.41) is 8.76. The van der Waals surface area contributed by atoms with E-state index in [1.807, 2.05) is 0 Å². The van der Waals surface area contributed by atoms with E-state index in [0.717, 1.165) is 29.3 Å². The van der Waals surface area contributed by atoms with Gasteiger partial charge in [0.15, 0.2) is 5.96 Å². The van der Waals surface area contributed by atoms with E-state index in [-0.39, 0.29) is 0 Å². The molecule has 0 spiro atoms. The highest BCUT2D eigenvalue weighted by Crippen LogP contribution is 2.22. The molecule has 3 nitrogen and oxygen atoms in total. The van der Waals surface area contributed by atoms with Crippen molar-refractivity contribution in [3.8, 4) is 0 Å². The molecule has 0 fully saturated rings. The molecule has 0 aliphatic heterocycles. The second-order valence-corrected chi connectivity index (χ2v) is 7.74. The van der Waals surface area contributed by atoms with Gasteiger partial charge in [0, 0.05) is 22.8 Å². The predicted molar refractivity (Wildman–Crippen MR) is 92.9 cm³/mol. The first-order valence-electron chi connectivity index (χ1n) is 6.56. The maximum Gasteiger partial charge on any atom is 0.191 e. The monoisotopic (exact) mass is 371 g/mol. The van der Waals surface area contributed by atoms with Crippen LogP contribution in [0.25, 0.3) is 0 Å². The Morgan fingerprint density at radius 3 is 2.80 bits per heavy atom. The molecule has 2 aromatic rings. The maximum atomic E-state index is 4.60. The average molecular weight is 372 g/mol. The maximum absolute atomic E-state index is 4.60. The number of rotatable bonds is 6. The third-order valence-corrected chi connectivity index (χ3v) is 5.15. The summed E-state index contributed by atoms with van der Waals surface area (Å²) in [6.07, 6.45) is 1.03. The molecule has 0 bridgehead atoms. The lowest BCUT2D eigenvalue weighted by Crippen LogP contribution is -2.38. The van der Waals surface area contributed by atoms with Crippen LogP contribution in [-0.4, -0.2) is 19.0 Å². The Hall–Kier alpha value is -0.850. The van der Waals surface area contributed by atoms with E-state index in [1.165, 1.54) is 9.75 Å². The SMILES string of the molecule is CCNC(=NCc1ccc(Br)s1)NCCc1cccs1. The molecule has 0 amide bonds.